The van der Waals surface area contributed by atoms with Gasteiger partial charge >= 0.3 is 0 Å². The van der Waals surface area contributed by atoms with Gasteiger partial charge in [0.05, 0.1) is 26.5 Å². The van der Waals surface area contributed by atoms with Gasteiger partial charge in [0.25, 0.3) is 5.91 Å². The second kappa shape index (κ2) is 19.8. The summed E-state index contributed by atoms with van der Waals surface area (Å²) in [5, 5.41) is 5.75. The van der Waals surface area contributed by atoms with Gasteiger partial charge in [0, 0.05) is 42.5 Å². The first-order valence-electron chi connectivity index (χ1n) is 18.4. The average Bonchev–Trinajstić information content (AvgIpc) is 3.72. The van der Waals surface area contributed by atoms with E-state index in [1.807, 2.05) is 24.3 Å². The Kier molecular flexibility index (Phi) is 14.5. The molecule has 56 heavy (non-hydrogen) atoms. The molecule has 0 bridgehead atoms. The van der Waals surface area contributed by atoms with Crippen molar-refractivity contribution in [2.45, 2.75) is 50.3 Å². The van der Waals surface area contributed by atoms with Gasteiger partial charge in [-0.3, -0.25) is 19.2 Å². The Morgan fingerprint density at radius 3 is 2.12 bits per heavy atom. The van der Waals surface area contributed by atoms with E-state index in [4.69, 9.17) is 15.2 Å². The highest BCUT2D eigenvalue weighted by molar-refractivity contribution is 5.98. The van der Waals surface area contributed by atoms with Gasteiger partial charge in [-0.1, -0.05) is 74.0 Å². The number of nitrogens with one attached hydrogen (secondary N) is 3. The molecule has 5 N–H and O–H groups in total. The van der Waals surface area contributed by atoms with E-state index < -0.39 is 29.5 Å². The van der Waals surface area contributed by atoms with E-state index in [2.05, 4.69) is 27.5 Å². The molecule has 1 fully saturated rings. The number of nitrogens with two attached hydrogens (primary N) is 1. The van der Waals surface area contributed by atoms with Crippen LogP contribution < -0.4 is 21.1 Å². The summed E-state index contributed by atoms with van der Waals surface area (Å²) in [6, 6.07) is 28.9. The molecule has 12 nitrogen and oxygen atoms in total. The molecule has 2 atom stereocenters. The lowest BCUT2D eigenvalue weighted by atomic mass is 9.84. The van der Waals surface area contributed by atoms with Crippen LogP contribution in [0, 0.1) is 5.82 Å². The highest BCUT2D eigenvalue weighted by atomic mass is 19.1. The van der Waals surface area contributed by atoms with Crippen molar-refractivity contribution in [2.75, 3.05) is 26.8 Å². The second-order valence-electron chi connectivity index (χ2n) is 13.4. The maximum absolute atomic E-state index is 14.3. The van der Waals surface area contributed by atoms with E-state index >= 15 is 0 Å². The molecule has 292 valence electrons. The van der Waals surface area contributed by atoms with Gasteiger partial charge in [-0.25, -0.2) is 9.37 Å². The van der Waals surface area contributed by atoms with E-state index in [1.54, 1.807) is 91.0 Å². The topological polar surface area (TPSA) is 169 Å². The van der Waals surface area contributed by atoms with Crippen LogP contribution in [0.3, 0.4) is 0 Å². The zero-order chi connectivity index (χ0) is 39.9. The van der Waals surface area contributed by atoms with Crippen molar-refractivity contribution in [3.8, 4) is 5.75 Å². The average molecular weight is 763 g/mol. The summed E-state index contributed by atoms with van der Waals surface area (Å²) in [6.45, 7) is 2.94. The third kappa shape index (κ3) is 11.1. The Bertz CT molecular complexity index is 2020. The van der Waals surface area contributed by atoms with Gasteiger partial charge in [-0.2, -0.15) is 0 Å². The fraction of sp³-hybridized carbons (Fsp3) is 0.279. The molecular weight excluding hydrogens is 716 g/mol. The molecule has 0 unspecified atom stereocenters. The number of ether oxygens (including phenoxy) is 2. The van der Waals surface area contributed by atoms with Crippen LogP contribution in [-0.4, -0.2) is 77.4 Å². The van der Waals surface area contributed by atoms with Crippen molar-refractivity contribution < 1.29 is 33.0 Å². The number of methoxy groups -OCH3 is 1. The molecule has 4 amide bonds. The highest BCUT2D eigenvalue weighted by Crippen LogP contribution is 2.37. The van der Waals surface area contributed by atoms with Gasteiger partial charge in [-0.05, 0) is 66.1 Å². The maximum atomic E-state index is 14.3. The molecule has 4 aromatic carbocycles. The summed E-state index contributed by atoms with van der Waals surface area (Å²) in [6.07, 6.45) is 5.16. The van der Waals surface area contributed by atoms with Crippen LogP contribution in [-0.2, 0) is 32.8 Å². The Balaban J connectivity index is 0.000000586. The van der Waals surface area contributed by atoms with Gasteiger partial charge in [0.2, 0.25) is 17.7 Å². The number of hydrogen-bond donors (Lipinski definition) is 4. The van der Waals surface area contributed by atoms with E-state index in [0.29, 0.717) is 34.7 Å². The Labute approximate surface area is 325 Å². The van der Waals surface area contributed by atoms with Crippen molar-refractivity contribution in [3.05, 3.63) is 155 Å². The largest absolute Gasteiger partial charge is 0.497 e. The molecule has 6 rings (SSSR count). The van der Waals surface area contributed by atoms with Crippen molar-refractivity contribution in [2.24, 2.45) is 5.73 Å². The van der Waals surface area contributed by atoms with Crippen molar-refractivity contribution in [1.82, 2.24) is 25.5 Å². The molecule has 1 aliphatic heterocycles. The first-order valence-corrected chi connectivity index (χ1v) is 18.4. The Morgan fingerprint density at radius 1 is 0.875 bits per heavy atom. The number of nitrogens with zero attached hydrogens (tertiary/aromatic N) is 2. The number of aromatic nitrogens is 2. The number of halogens is 1. The number of amides is 4. The van der Waals surface area contributed by atoms with Crippen LogP contribution in [0.15, 0.2) is 122 Å². The summed E-state index contributed by atoms with van der Waals surface area (Å²) < 4.78 is 25.8. The van der Waals surface area contributed by atoms with E-state index in [-0.39, 0.29) is 43.6 Å². The molecule has 1 aliphatic rings. The maximum Gasteiger partial charge on any atom is 0.251 e. The highest BCUT2D eigenvalue weighted by Gasteiger charge is 2.49. The fourth-order valence-electron chi connectivity index (χ4n) is 6.22. The second-order valence-corrected chi connectivity index (χ2v) is 13.4. The first kappa shape index (κ1) is 40.8. The number of H-pyrrole nitrogens is 1. The molecule has 13 heteroatoms. The quantitative estimate of drug-likeness (QED) is 0.103. The molecule has 1 saturated heterocycles. The lowest BCUT2D eigenvalue weighted by molar-refractivity contribution is -0.175. The molecule has 0 radical (unpaired) electrons. The number of carbonyl (C=O) groups is 4. The third-order valence-corrected chi connectivity index (χ3v) is 9.34. The summed E-state index contributed by atoms with van der Waals surface area (Å²) >= 11 is 0. The molecule has 0 saturated carbocycles. The predicted octanol–water partition coefficient (Wildman–Crippen LogP) is 4.97. The monoisotopic (exact) mass is 762 g/mol. The third-order valence-electron chi connectivity index (χ3n) is 9.34. The van der Waals surface area contributed by atoms with Gasteiger partial charge in [-0.15, -0.1) is 0 Å². The summed E-state index contributed by atoms with van der Waals surface area (Å²) in [7, 11) is 1.57. The van der Waals surface area contributed by atoms with Crippen molar-refractivity contribution in [1.29, 1.82) is 0 Å². The number of unbranched alkanes of at least 4 members (excludes halogenated alkanes) is 1. The number of rotatable bonds is 16. The van der Waals surface area contributed by atoms with E-state index in [9.17, 15) is 23.6 Å². The van der Waals surface area contributed by atoms with E-state index in [0.717, 1.165) is 18.4 Å². The van der Waals surface area contributed by atoms with Gasteiger partial charge in [0.1, 0.15) is 29.3 Å². The Morgan fingerprint density at radius 2 is 1.55 bits per heavy atom. The molecule has 1 aromatic heterocycles. The lowest BCUT2D eigenvalue weighted by Crippen LogP contribution is -2.66. The number of primary amides is 1. The normalized spacial score (nSPS) is 13.9. The summed E-state index contributed by atoms with van der Waals surface area (Å²) in [4.78, 5) is 60.2. The smallest absolute Gasteiger partial charge is 0.251 e. The zero-order valence-corrected chi connectivity index (χ0v) is 31.5. The predicted molar refractivity (Wildman–Crippen MR) is 209 cm³/mol. The zero-order valence-electron chi connectivity index (χ0n) is 31.5. The Hall–Kier alpha value is -6.34. The van der Waals surface area contributed by atoms with Crippen LogP contribution in [0.25, 0.3) is 0 Å². The number of imidazole rings is 1. The van der Waals surface area contributed by atoms with Gasteiger partial charge < -0.3 is 35.7 Å². The van der Waals surface area contributed by atoms with Crippen LogP contribution in [0.5, 0.6) is 5.75 Å². The number of hydrogen-bond acceptors (Lipinski definition) is 7. The minimum atomic E-state index is -1.01. The van der Waals surface area contributed by atoms with Crippen molar-refractivity contribution in [3.63, 3.8) is 0 Å². The first-order chi connectivity index (χ1) is 27.1. The van der Waals surface area contributed by atoms with Crippen LogP contribution >= 0.6 is 0 Å². The van der Waals surface area contributed by atoms with E-state index in [1.165, 1.54) is 18.5 Å². The molecular formula is C43H47FN6O6. The number of likely N-dealkylation sites (tertiary alicyclic amines) is 1. The SMILES string of the molecule is CCCCOC1(c2cccc(F)c2)CN(C(=O)[C@H](Cc2ccc(OC)cc2)NC(=O)[C@H](Cc2cnc[nH]2)NC(=O)c2ccccc2)C1.NC(=O)c1ccccc1. The molecule has 0 spiro atoms. The van der Waals surface area contributed by atoms with Crippen molar-refractivity contribution >= 4 is 23.6 Å². The lowest BCUT2D eigenvalue weighted by Gasteiger charge is -2.51. The fourth-order valence-corrected chi connectivity index (χ4v) is 6.22. The van der Waals surface area contributed by atoms with Gasteiger partial charge in [0.15, 0.2) is 0 Å². The summed E-state index contributed by atoms with van der Waals surface area (Å²) in [5.74, 6) is -1.35. The standard InChI is InChI=1S/C36H40FN5O5.C7H7NO/c1-3-4-17-47-36(27-11-8-12-28(37)19-27)22-42(23-36)35(45)32(18-25-13-15-30(46-2)16-14-25)41-34(44)31(20-29-21-38-24-39-29)40-33(43)26-9-6-5-7-10-26;8-7(9)6-4-2-1-3-5-6/h5-16,19,21,24,31-32H,3-4,17-18,20,22-23H2,1-2H3,(H,38,39)(H,40,43)(H,41,44);1-5H,(H2,8,9)/t31-,32-;/m0./s1. The molecule has 0 aliphatic carbocycles. The van der Waals surface area contributed by atoms with Crippen LogP contribution in [0.4, 0.5) is 4.39 Å². The number of carbonyl (C=O) groups excluding carboxylic acids is 4. The molecule has 5 aromatic rings. The number of benzene rings is 4. The minimum absolute atomic E-state index is 0.130. The van der Waals surface area contributed by atoms with Crippen LogP contribution in [0.2, 0.25) is 0 Å². The number of aromatic amines is 1. The minimum Gasteiger partial charge on any atom is -0.497 e. The summed E-state index contributed by atoms with van der Waals surface area (Å²) in [5.41, 5.74) is 7.19. The molecule has 2 heterocycles. The van der Waals surface area contributed by atoms with Crippen LogP contribution in [0.1, 0.15) is 57.3 Å².